The summed E-state index contributed by atoms with van der Waals surface area (Å²) in [7, 11) is 57.9. The molecule has 6 aliphatic carbocycles. The van der Waals surface area contributed by atoms with E-state index >= 15 is 0 Å². The minimum atomic E-state index is -2.08. The van der Waals surface area contributed by atoms with Gasteiger partial charge in [-0.05, 0) is 131 Å². The molecular weight excluding hydrogens is 2220 g/mol. The first-order chi connectivity index (χ1) is 56.2. The molecule has 16 atom stereocenters. The number of carbonyl (C=O) groups is 2. The fraction of sp³-hybridized carbons (Fsp3) is 0.618. The molecule has 6 saturated carbocycles. The van der Waals surface area contributed by atoms with E-state index in [0.29, 0.717) is 55.9 Å². The number of rotatable bonds is 16. The zero-order valence-corrected chi connectivity index (χ0v) is 97.4. The molecule has 8 nitrogen and oxygen atoms in total. The molecule has 10 rings (SSSR count). The Bertz CT molecular complexity index is 5530. The number of benzene rings is 4. The first-order valence-corrected chi connectivity index (χ1v) is 87.0. The van der Waals surface area contributed by atoms with E-state index in [1.807, 2.05) is 134 Å². The van der Waals surface area contributed by atoms with E-state index in [9.17, 15) is 14.7 Å². The smallest absolute Gasteiger partial charge is 0.240 e. The molecule has 116 heavy (non-hydrogen) atoms. The summed E-state index contributed by atoms with van der Waals surface area (Å²) in [5, 5.41) is 14.2. The van der Waals surface area contributed by atoms with Crippen LogP contribution in [0.1, 0.15) is 157 Å². The van der Waals surface area contributed by atoms with E-state index in [2.05, 4.69) is 177 Å². The quantitative estimate of drug-likeness (QED) is 0.0657. The van der Waals surface area contributed by atoms with Gasteiger partial charge >= 0.3 is 0 Å². The van der Waals surface area contributed by atoms with Gasteiger partial charge in [0.1, 0.15) is 25.2 Å². The predicted octanol–water partition coefficient (Wildman–Crippen LogP) is 13.0. The van der Waals surface area contributed by atoms with Crippen molar-refractivity contribution in [3.8, 4) is 0 Å². The van der Waals surface area contributed by atoms with Crippen molar-refractivity contribution >= 4 is 387 Å². The first kappa shape index (κ1) is 108. The van der Waals surface area contributed by atoms with E-state index < -0.39 is 15.1 Å². The molecule has 6 fully saturated rings. The van der Waals surface area contributed by atoms with Gasteiger partial charge in [-0.2, -0.15) is 0 Å². The van der Waals surface area contributed by atoms with Crippen LogP contribution in [0.15, 0.2) is 121 Å². The van der Waals surface area contributed by atoms with Gasteiger partial charge < -0.3 is 28.5 Å². The van der Waals surface area contributed by atoms with Crippen LogP contribution in [-0.4, -0.2) is 63.7 Å². The lowest BCUT2D eigenvalue weighted by Crippen LogP contribution is -2.65. The van der Waals surface area contributed by atoms with Crippen LogP contribution >= 0.6 is 0 Å². The normalized spacial score (nSPS) is 28.1. The van der Waals surface area contributed by atoms with Crippen molar-refractivity contribution in [3.05, 3.63) is 132 Å². The number of ketones is 2. The van der Waals surface area contributed by atoms with Crippen molar-refractivity contribution in [1.29, 1.82) is 0 Å². The molecule has 4 aromatic carbocycles. The van der Waals surface area contributed by atoms with Crippen LogP contribution in [0.3, 0.4) is 0 Å². The van der Waals surface area contributed by atoms with Crippen LogP contribution in [0, 0.1) is 68.0 Å². The van der Waals surface area contributed by atoms with Crippen molar-refractivity contribution in [2.75, 3.05) is 13.6 Å². The Balaban J connectivity index is 0.000000233. The van der Waals surface area contributed by atoms with E-state index in [1.165, 1.54) is 45.9 Å². The largest absolute Gasteiger partial charge is 0.407 e. The number of aliphatic hydroxyl groups is 1. The Kier molecular flexibility index (Phi) is 55.8. The number of ether oxygens (including phenoxy) is 4. The zero-order chi connectivity index (χ0) is 83.6. The minimum absolute atomic E-state index is 0.0207. The highest BCUT2D eigenvalue weighted by atomic mass is 33.5. The van der Waals surface area contributed by atoms with Crippen LogP contribution in [0.5, 0.6) is 0 Å². The maximum absolute atomic E-state index is 14.2. The van der Waals surface area contributed by atoms with Gasteiger partial charge in [-0.3, -0.25) is 9.59 Å². The monoisotopic (exact) mass is 2310 g/mol. The Morgan fingerprint density at radius 3 is 0.991 bits per heavy atom. The van der Waals surface area contributed by atoms with Crippen LogP contribution in [0.2, 0.25) is 0 Å². The molecule has 0 amide bonds. The van der Waals surface area contributed by atoms with Crippen molar-refractivity contribution in [3.63, 3.8) is 0 Å². The fourth-order valence-corrected chi connectivity index (χ4v) is 105. The van der Waals surface area contributed by atoms with Crippen molar-refractivity contribution < 1.29 is 38.1 Å². The Hall–Kier alpha value is 4.78. The van der Waals surface area contributed by atoms with Gasteiger partial charge in [0, 0.05) is 391 Å². The van der Waals surface area contributed by atoms with Crippen molar-refractivity contribution in [2.45, 2.75) is 184 Å². The van der Waals surface area contributed by atoms with Gasteiger partial charge in [-0.1, -0.05) is 191 Å². The molecule has 0 aromatic heterocycles. The Morgan fingerprint density at radius 2 is 0.681 bits per heavy atom. The highest BCUT2D eigenvalue weighted by Crippen LogP contribution is 2.70. The third kappa shape index (κ3) is 32.9. The molecule has 4 aromatic rings. The highest BCUT2D eigenvalue weighted by molar-refractivity contribution is 8.80. The Labute approximate surface area is 808 Å². The molecular formula is C68H94O8S39Si. The lowest BCUT2D eigenvalue weighted by atomic mass is 9.43. The van der Waals surface area contributed by atoms with Crippen LogP contribution in [0.4, 0.5) is 0 Å². The molecule has 0 saturated heterocycles. The average Bonchev–Trinajstić information content (AvgIpc) is 1.44. The fourth-order valence-electron chi connectivity index (χ4n) is 17.8. The number of carbonyl (C=O) groups excluding carboxylic acids is 2. The van der Waals surface area contributed by atoms with Gasteiger partial charge in [-0.25, -0.2) is 0 Å². The summed E-state index contributed by atoms with van der Waals surface area (Å²) >= 11 is 18.9. The van der Waals surface area contributed by atoms with Crippen molar-refractivity contribution in [1.82, 2.24) is 0 Å². The zero-order valence-electron chi connectivity index (χ0n) is 64.4. The summed E-state index contributed by atoms with van der Waals surface area (Å²) in [4.78, 5) is 27.5. The van der Waals surface area contributed by atoms with Gasteiger partial charge in [0.05, 0.1) is 37.6 Å². The molecule has 1 N–H and O–H groups in total. The third-order valence-corrected chi connectivity index (χ3v) is 99.6. The van der Waals surface area contributed by atoms with Gasteiger partial charge in [-0.15, -0.1) is 0 Å². The van der Waals surface area contributed by atoms with E-state index in [1.54, 1.807) is 178 Å². The van der Waals surface area contributed by atoms with Crippen LogP contribution in [0.25, 0.3) is 0 Å². The highest BCUT2D eigenvalue weighted by Gasteiger charge is 2.70. The summed E-state index contributed by atoms with van der Waals surface area (Å²) in [6.07, 6.45) is 10.3. The second kappa shape index (κ2) is 60.0. The topological polar surface area (TPSA) is 101 Å². The van der Waals surface area contributed by atoms with Crippen LogP contribution in [-0.2, 0) is 402 Å². The molecule has 0 spiro atoms. The minimum Gasteiger partial charge on any atom is -0.407 e. The lowest BCUT2D eigenvalue weighted by Gasteiger charge is -2.63. The lowest BCUT2D eigenvalue weighted by molar-refractivity contribution is -0.227. The molecule has 0 heterocycles. The molecule has 652 valence electrons. The standard InChI is InChI=1S/C40H52O4Si.C28H42O4.S29.S10/c1-6-38(4)26-35(44-45(32-18-12-8-13-19-32)33-20-14-9-15-21-33)39(5)29(2)22-24-40(25-23-34(41)36(39)40)30(3)37(38)43-28-42-27-31-16-10-7-11-17-31;1-6-26(4)16-23(30)27(5)19(2)12-14-28(15-13-22(29)24(27)28)20(3)25(26)32-18-31-17-21-10-8-7-9-11-21;1-3-5-7-9-11-13-15-17-19-21-23-25-27-29-28-26-24-22-20-18-16-14-12-10-8-6-4-2;1-3-5-7-9-10-8-6-4-2/h7-21,29-30,35-37,45H,6,22-28H2,1-5H3;7-11,19-20,23-25,30H,6,12-18H2,1-5H3;;/t29-,30+,35-,36?,37+,38+,39+,40+;19-,20+,23-,24?,25+,26+,27+,28+;;/m11../s1. The molecule has 4 bridgehead atoms. The van der Waals surface area contributed by atoms with Gasteiger partial charge in [0.15, 0.2) is 0 Å². The SMILES string of the molecule is CC[C@@]1(C)C[C@@H](O)[C@@]2(C)C3C(=O)CC[C@@]3(CC[C@H]2C)[C@@H](C)[C@@H]1OCOCc1ccccc1.CC[C@@]1(C)C[C@@H](O[SiH](c2ccccc2)c2ccccc2)[C@@]2(C)C3C(=O)CC[C@@]3(CC[C@H]2C)[C@@H](C)[C@@H]1OCOCc1ccccc1.S=S=S=S=S=S=S=S=S=S.S=S=S=S=S=S=S=S=S=S=S=S=S=S=S=S=S=S=S=S=S=S=S=S=S=S=S=S=S. The number of hydrogen-bond donors (Lipinski definition) is 1. The third-order valence-electron chi connectivity index (χ3n) is 23.7. The molecule has 6 aliphatic rings. The summed E-state index contributed by atoms with van der Waals surface area (Å²) in [5.74, 6) is 1.94. The second-order valence-electron chi connectivity index (χ2n) is 28.7. The van der Waals surface area contributed by atoms with E-state index in [-0.39, 0.29) is 88.1 Å². The maximum atomic E-state index is 14.2. The van der Waals surface area contributed by atoms with E-state index in [4.69, 9.17) is 45.7 Å². The predicted molar refractivity (Wildman–Crippen MR) is 597 cm³/mol. The summed E-state index contributed by atoms with van der Waals surface area (Å²) in [6.45, 7) is 24.7. The second-order valence-corrected chi connectivity index (χ2v) is 93.0. The van der Waals surface area contributed by atoms with Gasteiger partial charge in [0.25, 0.3) is 0 Å². The number of Topliss-reactive ketones (excluding diaryl/α,β-unsaturated/α-hetero) is 2. The van der Waals surface area contributed by atoms with Crippen molar-refractivity contribution in [2.24, 2.45) is 68.0 Å². The summed E-state index contributed by atoms with van der Waals surface area (Å²) in [6, 6.07) is 42.1. The summed E-state index contributed by atoms with van der Waals surface area (Å²) in [5.41, 5.74) is 1.19. The average molecular weight is 2320 g/mol. The van der Waals surface area contributed by atoms with Gasteiger partial charge in [0.2, 0.25) is 9.04 Å². The molecule has 2 unspecified atom stereocenters. The Morgan fingerprint density at radius 1 is 0.397 bits per heavy atom. The molecule has 48 heteroatoms. The van der Waals surface area contributed by atoms with Crippen LogP contribution < -0.4 is 10.4 Å². The molecule has 0 aliphatic heterocycles. The summed E-state index contributed by atoms with van der Waals surface area (Å²) < 4.78 is 33.2. The first-order valence-electron chi connectivity index (χ1n) is 36.0. The maximum Gasteiger partial charge on any atom is 0.240 e. The van der Waals surface area contributed by atoms with E-state index in [0.717, 1.165) is 68.9 Å². The number of hydrogen-bond acceptors (Lipinski definition) is 12. The molecule has 0 radical (unpaired) electrons. The number of aliphatic hydroxyl groups excluding tert-OH is 1.